The van der Waals surface area contributed by atoms with Crippen LogP contribution >= 0.6 is 11.6 Å². The number of aromatic hydroxyl groups is 1. The molecule has 3 aromatic carbocycles. The van der Waals surface area contributed by atoms with E-state index in [1.807, 2.05) is 51.1 Å². The molecule has 5 nitrogen and oxygen atoms in total. The third-order valence-corrected chi connectivity index (χ3v) is 6.15. The Morgan fingerprint density at radius 1 is 0.970 bits per heavy atom. The van der Waals surface area contributed by atoms with Crippen LogP contribution < -0.4 is 4.90 Å². The number of Topliss-reactive ketones (excluding diaryl/α,β-unsaturated/α-hetero) is 1. The molecule has 33 heavy (non-hydrogen) atoms. The lowest BCUT2D eigenvalue weighted by Gasteiger charge is -2.26. The Labute approximate surface area is 197 Å². The van der Waals surface area contributed by atoms with Crippen LogP contribution in [0.25, 0.3) is 5.76 Å². The van der Waals surface area contributed by atoms with Gasteiger partial charge in [0.1, 0.15) is 11.5 Å². The van der Waals surface area contributed by atoms with Crippen LogP contribution in [0.2, 0.25) is 5.02 Å². The number of aliphatic hydroxyl groups is 1. The van der Waals surface area contributed by atoms with Gasteiger partial charge in [0, 0.05) is 11.3 Å². The number of hydrogen-bond donors (Lipinski definition) is 2. The predicted octanol–water partition coefficient (Wildman–Crippen LogP) is 5.85. The number of aryl methyl sites for hydroxylation is 3. The number of phenols is 1. The molecule has 2 N–H and O–H groups in total. The van der Waals surface area contributed by atoms with E-state index >= 15 is 0 Å². The van der Waals surface area contributed by atoms with Crippen molar-refractivity contribution in [2.75, 3.05) is 4.90 Å². The summed E-state index contributed by atoms with van der Waals surface area (Å²) in [7, 11) is 0. The highest BCUT2D eigenvalue weighted by atomic mass is 35.5. The number of aliphatic hydroxyl groups excluding tert-OH is 1. The number of benzene rings is 3. The summed E-state index contributed by atoms with van der Waals surface area (Å²) in [5.41, 5.74) is 4.43. The van der Waals surface area contributed by atoms with E-state index in [1.54, 1.807) is 18.2 Å². The number of nitrogens with zero attached hydrogens (tertiary/aromatic N) is 1. The lowest BCUT2D eigenvalue weighted by Crippen LogP contribution is -2.29. The topological polar surface area (TPSA) is 77.8 Å². The summed E-state index contributed by atoms with van der Waals surface area (Å²) in [5.74, 6) is -1.88. The molecule has 0 aliphatic carbocycles. The molecular formula is C27H24ClNO4. The third kappa shape index (κ3) is 4.12. The van der Waals surface area contributed by atoms with E-state index in [9.17, 15) is 19.8 Å². The van der Waals surface area contributed by atoms with Crippen LogP contribution in [0.4, 0.5) is 5.69 Å². The lowest BCUT2D eigenvalue weighted by molar-refractivity contribution is -0.132. The van der Waals surface area contributed by atoms with Crippen molar-refractivity contribution in [3.05, 3.63) is 99.1 Å². The van der Waals surface area contributed by atoms with Gasteiger partial charge in [-0.15, -0.1) is 0 Å². The molecule has 168 valence electrons. The highest BCUT2D eigenvalue weighted by Crippen LogP contribution is 2.43. The largest absolute Gasteiger partial charge is 0.507 e. The van der Waals surface area contributed by atoms with Gasteiger partial charge in [-0.1, -0.05) is 54.9 Å². The van der Waals surface area contributed by atoms with Gasteiger partial charge in [-0.25, -0.2) is 0 Å². The van der Waals surface area contributed by atoms with Gasteiger partial charge in [-0.3, -0.25) is 14.5 Å². The Morgan fingerprint density at radius 2 is 1.61 bits per heavy atom. The summed E-state index contributed by atoms with van der Waals surface area (Å²) in [6.45, 7) is 5.85. The molecule has 1 heterocycles. The Morgan fingerprint density at radius 3 is 2.18 bits per heavy atom. The SMILES string of the molecule is CCc1ccc(/C(O)=C2/C(=O)C(=O)N(c3cc(C)cc(C)c3)C2c2ccc(O)c(Cl)c2)cc1. The Kier molecular flexibility index (Phi) is 6.00. The van der Waals surface area contributed by atoms with Crippen molar-refractivity contribution in [3.63, 3.8) is 0 Å². The Balaban J connectivity index is 1.96. The van der Waals surface area contributed by atoms with E-state index in [0.717, 1.165) is 23.1 Å². The van der Waals surface area contributed by atoms with Gasteiger partial charge < -0.3 is 10.2 Å². The fraction of sp³-hybridized carbons (Fsp3) is 0.185. The summed E-state index contributed by atoms with van der Waals surface area (Å²) in [6, 6.07) is 16.5. The molecule has 6 heteroatoms. The van der Waals surface area contributed by atoms with E-state index in [1.165, 1.54) is 17.0 Å². The smallest absolute Gasteiger partial charge is 0.300 e. The lowest BCUT2D eigenvalue weighted by atomic mass is 9.94. The highest BCUT2D eigenvalue weighted by Gasteiger charge is 2.47. The van der Waals surface area contributed by atoms with Crippen LogP contribution in [0.3, 0.4) is 0 Å². The normalized spacial score (nSPS) is 17.6. The summed E-state index contributed by atoms with van der Waals surface area (Å²) in [4.78, 5) is 27.9. The molecule has 1 saturated heterocycles. The van der Waals surface area contributed by atoms with Gasteiger partial charge in [0.05, 0.1) is 16.6 Å². The first kappa shape index (κ1) is 22.6. The maximum absolute atomic E-state index is 13.3. The second-order valence-corrected chi connectivity index (χ2v) is 8.68. The van der Waals surface area contributed by atoms with Crippen molar-refractivity contribution < 1.29 is 19.8 Å². The van der Waals surface area contributed by atoms with Crippen LogP contribution in [0.15, 0.2) is 66.2 Å². The summed E-state index contributed by atoms with van der Waals surface area (Å²) >= 11 is 6.17. The fourth-order valence-corrected chi connectivity index (χ4v) is 4.44. The number of ketones is 1. The molecule has 1 amide bonds. The van der Waals surface area contributed by atoms with Gasteiger partial charge in [0.15, 0.2) is 0 Å². The zero-order chi connectivity index (χ0) is 23.9. The Hall–Kier alpha value is -3.57. The predicted molar refractivity (Wildman–Crippen MR) is 130 cm³/mol. The number of phenolic OH excluding ortho intramolecular Hbond substituents is 1. The van der Waals surface area contributed by atoms with Crippen LogP contribution in [0.5, 0.6) is 5.75 Å². The molecule has 1 atom stereocenters. The van der Waals surface area contributed by atoms with Gasteiger partial charge >= 0.3 is 0 Å². The molecule has 3 aromatic rings. The number of carbonyl (C=O) groups is 2. The van der Waals surface area contributed by atoms with E-state index in [2.05, 4.69) is 0 Å². The second-order valence-electron chi connectivity index (χ2n) is 8.28. The minimum atomic E-state index is -0.907. The molecule has 0 saturated carbocycles. The van der Waals surface area contributed by atoms with Crippen molar-refractivity contribution in [1.29, 1.82) is 0 Å². The van der Waals surface area contributed by atoms with E-state index in [-0.39, 0.29) is 22.1 Å². The van der Waals surface area contributed by atoms with Crippen molar-refractivity contribution in [3.8, 4) is 5.75 Å². The van der Waals surface area contributed by atoms with Crippen LogP contribution in [0.1, 0.15) is 40.8 Å². The van der Waals surface area contributed by atoms with Crippen LogP contribution in [-0.2, 0) is 16.0 Å². The summed E-state index contributed by atoms with van der Waals surface area (Å²) in [5, 5.41) is 21.2. The molecule has 1 aliphatic rings. The van der Waals surface area contributed by atoms with Gasteiger partial charge in [-0.2, -0.15) is 0 Å². The third-order valence-electron chi connectivity index (χ3n) is 5.85. The average molecular weight is 462 g/mol. The fourth-order valence-electron chi connectivity index (χ4n) is 4.25. The Bertz CT molecular complexity index is 1270. The minimum absolute atomic E-state index is 0.0230. The molecule has 0 aromatic heterocycles. The van der Waals surface area contributed by atoms with Crippen LogP contribution in [-0.4, -0.2) is 21.9 Å². The van der Waals surface area contributed by atoms with Crippen LogP contribution in [0, 0.1) is 13.8 Å². The van der Waals surface area contributed by atoms with Gasteiger partial charge in [0.25, 0.3) is 11.7 Å². The zero-order valence-corrected chi connectivity index (χ0v) is 19.3. The van der Waals surface area contributed by atoms with Gasteiger partial charge in [-0.05, 0) is 66.8 Å². The molecule has 0 spiro atoms. The quantitative estimate of drug-likeness (QED) is 0.290. The number of hydrogen-bond acceptors (Lipinski definition) is 4. The molecule has 0 radical (unpaired) electrons. The first-order valence-electron chi connectivity index (χ1n) is 10.7. The van der Waals surface area contributed by atoms with E-state index in [4.69, 9.17) is 11.6 Å². The minimum Gasteiger partial charge on any atom is -0.507 e. The molecule has 1 unspecified atom stereocenters. The number of anilines is 1. The number of amides is 1. The van der Waals surface area contributed by atoms with Crippen molar-refractivity contribution in [2.24, 2.45) is 0 Å². The van der Waals surface area contributed by atoms with E-state index < -0.39 is 17.7 Å². The van der Waals surface area contributed by atoms with Crippen molar-refractivity contribution in [1.82, 2.24) is 0 Å². The molecule has 1 aliphatic heterocycles. The molecular weight excluding hydrogens is 438 g/mol. The number of carbonyl (C=O) groups excluding carboxylic acids is 2. The maximum Gasteiger partial charge on any atom is 0.300 e. The van der Waals surface area contributed by atoms with Crippen molar-refractivity contribution in [2.45, 2.75) is 33.2 Å². The summed E-state index contributed by atoms with van der Waals surface area (Å²) < 4.78 is 0. The average Bonchev–Trinajstić information content (AvgIpc) is 3.05. The zero-order valence-electron chi connectivity index (χ0n) is 18.6. The van der Waals surface area contributed by atoms with Crippen molar-refractivity contribution >= 4 is 34.7 Å². The standard InChI is InChI=1S/C27H24ClNO4/c1-4-17-5-7-18(8-6-17)25(31)23-24(19-9-10-22(30)21(28)14-19)29(27(33)26(23)32)20-12-15(2)11-16(3)13-20/h5-14,24,30-31H,4H2,1-3H3/b25-23-. The maximum atomic E-state index is 13.3. The molecule has 4 rings (SSSR count). The first-order valence-corrected chi connectivity index (χ1v) is 11.1. The molecule has 1 fully saturated rings. The van der Waals surface area contributed by atoms with Gasteiger partial charge in [0.2, 0.25) is 0 Å². The monoisotopic (exact) mass is 461 g/mol. The van der Waals surface area contributed by atoms with E-state index in [0.29, 0.717) is 16.8 Å². The summed E-state index contributed by atoms with van der Waals surface area (Å²) in [6.07, 6.45) is 0.837. The molecule has 0 bridgehead atoms. The highest BCUT2D eigenvalue weighted by molar-refractivity contribution is 6.51. The number of halogens is 1. The second kappa shape index (κ2) is 8.75. The first-order chi connectivity index (χ1) is 15.7. The number of rotatable bonds is 4.